The summed E-state index contributed by atoms with van der Waals surface area (Å²) in [5.74, 6) is 1.39. The summed E-state index contributed by atoms with van der Waals surface area (Å²) < 4.78 is 0. The molecule has 0 amide bonds. The van der Waals surface area contributed by atoms with Crippen LogP contribution in [0.5, 0.6) is 0 Å². The molecule has 2 rings (SSSR count). The van der Waals surface area contributed by atoms with E-state index in [1.165, 1.54) is 5.75 Å². The van der Waals surface area contributed by atoms with Gasteiger partial charge in [0.25, 0.3) is 0 Å². The molecule has 1 aromatic rings. The molecule has 0 radical (unpaired) electrons. The van der Waals surface area contributed by atoms with Gasteiger partial charge in [0.1, 0.15) is 6.54 Å². The molecule has 0 aliphatic carbocycles. The minimum atomic E-state index is -0.768. The average Bonchev–Trinajstić information content (AvgIpc) is 2.37. The molecule has 0 saturated carbocycles. The first kappa shape index (κ1) is 14.3. The van der Waals surface area contributed by atoms with E-state index in [0.717, 1.165) is 17.9 Å². The number of carboxylic acids is 1. The molecule has 4 heteroatoms. The van der Waals surface area contributed by atoms with E-state index < -0.39 is 5.97 Å². The van der Waals surface area contributed by atoms with Crippen molar-refractivity contribution in [1.29, 1.82) is 0 Å². The normalized spacial score (nSPS) is 21.9. The minimum absolute atomic E-state index is 0.0681. The number of rotatable bonds is 4. The van der Waals surface area contributed by atoms with E-state index in [1.54, 1.807) is 0 Å². The van der Waals surface area contributed by atoms with Crippen LogP contribution in [-0.4, -0.2) is 35.2 Å². The van der Waals surface area contributed by atoms with E-state index >= 15 is 0 Å². The summed E-state index contributed by atoms with van der Waals surface area (Å²) >= 11 is 1.92. The lowest BCUT2D eigenvalue weighted by atomic mass is 9.81. The third-order valence-corrected chi connectivity index (χ3v) is 4.88. The van der Waals surface area contributed by atoms with Gasteiger partial charge in [-0.05, 0) is 29.7 Å². The molecular weight excluding hydrogens is 258 g/mol. The molecule has 1 aromatic carbocycles. The Hall–Kier alpha value is -1.16. The summed E-state index contributed by atoms with van der Waals surface area (Å²) in [6.45, 7) is 4.56. The summed E-state index contributed by atoms with van der Waals surface area (Å²) in [5, 5.41) is 9.20. The molecule has 19 heavy (non-hydrogen) atoms. The Labute approximate surface area is 119 Å². The molecule has 1 saturated heterocycles. The topological polar surface area (TPSA) is 40.5 Å². The molecule has 0 aromatic heterocycles. The Bertz CT molecular complexity index is 433. The lowest BCUT2D eigenvalue weighted by Gasteiger charge is -2.45. The summed E-state index contributed by atoms with van der Waals surface area (Å²) in [5.41, 5.74) is 1.15. The van der Waals surface area contributed by atoms with E-state index in [2.05, 4.69) is 18.7 Å². The van der Waals surface area contributed by atoms with Gasteiger partial charge >= 0.3 is 5.97 Å². The third kappa shape index (κ3) is 3.44. The molecule has 1 fully saturated rings. The summed E-state index contributed by atoms with van der Waals surface area (Å²) in [4.78, 5) is 13.2. The van der Waals surface area contributed by atoms with Crippen LogP contribution in [-0.2, 0) is 4.79 Å². The predicted molar refractivity (Wildman–Crippen MR) is 80.9 cm³/mol. The van der Waals surface area contributed by atoms with Gasteiger partial charge in [-0.15, -0.1) is 0 Å². The fourth-order valence-electron chi connectivity index (χ4n) is 2.58. The lowest BCUT2D eigenvalue weighted by Crippen LogP contribution is -2.51. The Morgan fingerprint density at radius 1 is 1.42 bits per heavy atom. The van der Waals surface area contributed by atoms with Crippen molar-refractivity contribution in [3.63, 3.8) is 0 Å². The molecule has 1 N–H and O–H groups in total. The van der Waals surface area contributed by atoms with E-state index in [-0.39, 0.29) is 18.0 Å². The van der Waals surface area contributed by atoms with Crippen molar-refractivity contribution in [3.8, 4) is 0 Å². The fourth-order valence-corrected chi connectivity index (χ4v) is 4.27. The first-order valence-electron chi connectivity index (χ1n) is 6.62. The number of nitrogens with zero attached hydrogens (tertiary/aromatic N) is 1. The van der Waals surface area contributed by atoms with Gasteiger partial charge < -0.3 is 10.0 Å². The summed E-state index contributed by atoms with van der Waals surface area (Å²) in [6.07, 6.45) is 1.13. The van der Waals surface area contributed by atoms with Crippen molar-refractivity contribution in [1.82, 2.24) is 0 Å². The minimum Gasteiger partial charge on any atom is -0.480 e. The Morgan fingerprint density at radius 3 is 2.68 bits per heavy atom. The average molecular weight is 279 g/mol. The number of benzene rings is 1. The Kier molecular flexibility index (Phi) is 4.40. The highest BCUT2D eigenvalue weighted by Crippen LogP contribution is 2.38. The number of thioether (sulfide) groups is 1. The van der Waals surface area contributed by atoms with Crippen molar-refractivity contribution in [2.24, 2.45) is 5.41 Å². The SMILES string of the molecule is CC1(C)CCSCC1N(CC(=O)O)c1ccccc1. The van der Waals surface area contributed by atoms with Crippen LogP contribution < -0.4 is 4.90 Å². The second-order valence-electron chi connectivity index (χ2n) is 5.69. The molecule has 1 aliphatic heterocycles. The van der Waals surface area contributed by atoms with Gasteiger partial charge in [-0.2, -0.15) is 11.8 Å². The number of carboxylic acid groups (broad SMARTS) is 1. The Morgan fingerprint density at radius 2 is 2.11 bits per heavy atom. The van der Waals surface area contributed by atoms with Gasteiger partial charge in [-0.1, -0.05) is 32.0 Å². The molecule has 0 spiro atoms. The maximum atomic E-state index is 11.2. The summed E-state index contributed by atoms with van der Waals surface area (Å²) in [7, 11) is 0. The van der Waals surface area contributed by atoms with E-state index in [1.807, 2.05) is 42.1 Å². The number of hydrogen-bond acceptors (Lipinski definition) is 3. The monoisotopic (exact) mass is 279 g/mol. The smallest absolute Gasteiger partial charge is 0.323 e. The van der Waals surface area contributed by atoms with Gasteiger partial charge in [0.2, 0.25) is 0 Å². The Balaban J connectivity index is 2.29. The molecule has 0 bridgehead atoms. The second kappa shape index (κ2) is 5.87. The fraction of sp³-hybridized carbons (Fsp3) is 0.533. The van der Waals surface area contributed by atoms with E-state index in [0.29, 0.717) is 0 Å². The first-order valence-corrected chi connectivity index (χ1v) is 7.77. The number of aliphatic carboxylic acids is 1. The van der Waals surface area contributed by atoms with Crippen LogP contribution in [0.15, 0.2) is 30.3 Å². The molecule has 1 aliphatic rings. The van der Waals surface area contributed by atoms with Gasteiger partial charge in [-0.25, -0.2) is 0 Å². The maximum Gasteiger partial charge on any atom is 0.323 e. The predicted octanol–water partition coefficient (Wildman–Crippen LogP) is 3.11. The van der Waals surface area contributed by atoms with Crippen LogP contribution >= 0.6 is 11.8 Å². The van der Waals surface area contributed by atoms with E-state index in [4.69, 9.17) is 0 Å². The molecule has 1 unspecified atom stereocenters. The molecule has 104 valence electrons. The van der Waals surface area contributed by atoms with Crippen molar-refractivity contribution in [3.05, 3.63) is 30.3 Å². The van der Waals surface area contributed by atoms with Crippen LogP contribution in [0.1, 0.15) is 20.3 Å². The van der Waals surface area contributed by atoms with E-state index in [9.17, 15) is 9.90 Å². The zero-order chi connectivity index (χ0) is 13.9. The van der Waals surface area contributed by atoms with Gasteiger partial charge in [0.15, 0.2) is 0 Å². The molecule has 3 nitrogen and oxygen atoms in total. The molecule has 1 heterocycles. The largest absolute Gasteiger partial charge is 0.480 e. The second-order valence-corrected chi connectivity index (χ2v) is 6.84. The number of para-hydroxylation sites is 1. The zero-order valence-electron chi connectivity index (χ0n) is 11.5. The van der Waals surface area contributed by atoms with Crippen LogP contribution in [0.25, 0.3) is 0 Å². The van der Waals surface area contributed by atoms with Crippen molar-refractivity contribution >= 4 is 23.4 Å². The standard InChI is InChI=1S/C15H21NO2S/c1-15(2)8-9-19-11-13(15)16(10-14(17)18)12-6-4-3-5-7-12/h3-7,13H,8-11H2,1-2H3,(H,17,18). The first-order chi connectivity index (χ1) is 9.00. The highest BCUT2D eigenvalue weighted by molar-refractivity contribution is 7.99. The zero-order valence-corrected chi connectivity index (χ0v) is 12.3. The third-order valence-electron chi connectivity index (χ3n) is 3.84. The number of hydrogen-bond donors (Lipinski definition) is 1. The highest BCUT2D eigenvalue weighted by Gasteiger charge is 2.37. The van der Waals surface area contributed by atoms with Crippen LogP contribution in [0.2, 0.25) is 0 Å². The number of carbonyl (C=O) groups is 1. The maximum absolute atomic E-state index is 11.2. The van der Waals surface area contributed by atoms with Gasteiger partial charge in [0, 0.05) is 17.5 Å². The van der Waals surface area contributed by atoms with Crippen LogP contribution in [0, 0.1) is 5.41 Å². The van der Waals surface area contributed by atoms with Gasteiger partial charge in [0.05, 0.1) is 0 Å². The van der Waals surface area contributed by atoms with Crippen molar-refractivity contribution < 1.29 is 9.90 Å². The van der Waals surface area contributed by atoms with Crippen LogP contribution in [0.4, 0.5) is 5.69 Å². The number of anilines is 1. The quantitative estimate of drug-likeness (QED) is 0.919. The molecule has 1 atom stereocenters. The summed E-state index contributed by atoms with van der Waals surface area (Å²) in [6, 6.07) is 10.2. The van der Waals surface area contributed by atoms with Crippen molar-refractivity contribution in [2.75, 3.05) is 23.0 Å². The van der Waals surface area contributed by atoms with Crippen molar-refractivity contribution in [2.45, 2.75) is 26.3 Å². The highest BCUT2D eigenvalue weighted by atomic mass is 32.2. The molecular formula is C15H21NO2S. The van der Waals surface area contributed by atoms with Crippen LogP contribution in [0.3, 0.4) is 0 Å². The van der Waals surface area contributed by atoms with Gasteiger partial charge in [-0.3, -0.25) is 4.79 Å². The lowest BCUT2D eigenvalue weighted by molar-refractivity contribution is -0.135.